The molecule has 3 rings (SSSR count). The molecule has 2 aromatic carbocycles. The van der Waals surface area contributed by atoms with E-state index in [1.807, 2.05) is 38.1 Å². The molecule has 1 aliphatic heterocycles. The van der Waals surface area contributed by atoms with E-state index in [0.29, 0.717) is 28.6 Å². The average molecular weight is 488 g/mol. The normalized spacial score (nSPS) is 16.2. The summed E-state index contributed by atoms with van der Waals surface area (Å²) in [5, 5.41) is 2.97. The number of esters is 1. The molecule has 2 atom stereocenters. The highest BCUT2D eigenvalue weighted by Crippen LogP contribution is 2.31. The van der Waals surface area contributed by atoms with Crippen molar-refractivity contribution in [2.24, 2.45) is 0 Å². The molecule has 0 bridgehead atoms. The zero-order chi connectivity index (χ0) is 24.8. The summed E-state index contributed by atoms with van der Waals surface area (Å²) in [6.07, 6.45) is 0.864. The zero-order valence-electron chi connectivity index (χ0n) is 19.8. The number of benzene rings is 2. The molecule has 0 aromatic heterocycles. The number of urea groups is 1. The molecule has 2 aromatic rings. The first-order valence-corrected chi connectivity index (χ1v) is 11.6. The minimum absolute atomic E-state index is 0.250. The van der Waals surface area contributed by atoms with Crippen molar-refractivity contribution in [1.29, 1.82) is 0 Å². The first-order chi connectivity index (χ1) is 16.3. The average Bonchev–Trinajstić information content (AvgIpc) is 2.98. The number of nitrogens with zero attached hydrogens (tertiary/aromatic N) is 2. The van der Waals surface area contributed by atoms with Gasteiger partial charge in [0.05, 0.1) is 24.3 Å². The van der Waals surface area contributed by atoms with E-state index < -0.39 is 18.0 Å². The Labute approximate surface area is 204 Å². The molecular weight excluding hydrogens is 458 g/mol. The van der Waals surface area contributed by atoms with Gasteiger partial charge in [0.1, 0.15) is 11.8 Å². The van der Waals surface area contributed by atoms with Crippen LogP contribution in [0.3, 0.4) is 0 Å². The Morgan fingerprint density at radius 2 is 1.94 bits per heavy atom. The smallest absolute Gasteiger partial charge is 0.328 e. The largest absolute Gasteiger partial charge is 0.494 e. The molecule has 0 fully saturated rings. The van der Waals surface area contributed by atoms with Crippen LogP contribution in [0.4, 0.5) is 10.5 Å². The summed E-state index contributed by atoms with van der Waals surface area (Å²) >= 11 is 6.46. The maximum Gasteiger partial charge on any atom is 0.328 e. The summed E-state index contributed by atoms with van der Waals surface area (Å²) in [5.74, 6) is -0.193. The second kappa shape index (κ2) is 11.2. The van der Waals surface area contributed by atoms with Gasteiger partial charge < -0.3 is 24.6 Å². The number of carbonyl (C=O) groups excluding carboxylic acids is 3. The summed E-state index contributed by atoms with van der Waals surface area (Å²) < 4.78 is 10.3. The minimum atomic E-state index is -0.798. The Balaban J connectivity index is 1.88. The van der Waals surface area contributed by atoms with E-state index in [9.17, 15) is 14.4 Å². The van der Waals surface area contributed by atoms with Crippen molar-refractivity contribution in [3.05, 3.63) is 58.6 Å². The predicted molar refractivity (Wildman–Crippen MR) is 130 cm³/mol. The van der Waals surface area contributed by atoms with Crippen LogP contribution in [-0.2, 0) is 16.1 Å². The van der Waals surface area contributed by atoms with E-state index in [0.717, 1.165) is 12.0 Å². The third-order valence-electron chi connectivity index (χ3n) is 5.65. The third-order valence-corrected chi connectivity index (χ3v) is 5.96. The van der Waals surface area contributed by atoms with Gasteiger partial charge in [0.25, 0.3) is 5.91 Å². The lowest BCUT2D eigenvalue weighted by Gasteiger charge is -2.30. The molecule has 3 amide bonds. The molecule has 0 saturated heterocycles. The maximum absolute atomic E-state index is 13.6. The van der Waals surface area contributed by atoms with E-state index in [-0.39, 0.29) is 25.0 Å². The quantitative estimate of drug-likeness (QED) is 0.615. The van der Waals surface area contributed by atoms with Crippen LogP contribution in [0, 0.1) is 0 Å². The van der Waals surface area contributed by atoms with Gasteiger partial charge in [0.15, 0.2) is 0 Å². The first-order valence-electron chi connectivity index (χ1n) is 11.2. The van der Waals surface area contributed by atoms with Gasteiger partial charge >= 0.3 is 12.0 Å². The van der Waals surface area contributed by atoms with Crippen LogP contribution in [0.5, 0.6) is 5.75 Å². The van der Waals surface area contributed by atoms with E-state index in [1.165, 1.54) is 7.11 Å². The fourth-order valence-corrected chi connectivity index (χ4v) is 4.05. The van der Waals surface area contributed by atoms with E-state index in [1.54, 1.807) is 34.9 Å². The number of halogens is 1. The Morgan fingerprint density at radius 3 is 2.62 bits per heavy atom. The van der Waals surface area contributed by atoms with Gasteiger partial charge in [-0.15, -0.1) is 0 Å². The number of ether oxygens (including phenoxy) is 2. The monoisotopic (exact) mass is 487 g/mol. The molecule has 9 heteroatoms. The molecule has 1 N–H and O–H groups in total. The van der Waals surface area contributed by atoms with Crippen molar-refractivity contribution in [3.8, 4) is 5.75 Å². The summed E-state index contributed by atoms with van der Waals surface area (Å²) in [6, 6.07) is 10.9. The maximum atomic E-state index is 13.6. The van der Waals surface area contributed by atoms with Crippen molar-refractivity contribution >= 4 is 35.2 Å². The van der Waals surface area contributed by atoms with E-state index in [4.69, 9.17) is 21.1 Å². The molecular formula is C25H30ClN3O5. The molecule has 34 heavy (non-hydrogen) atoms. The first kappa shape index (κ1) is 25.4. The molecule has 0 radical (unpaired) electrons. The van der Waals surface area contributed by atoms with Crippen molar-refractivity contribution in [2.75, 3.05) is 25.2 Å². The van der Waals surface area contributed by atoms with Crippen LogP contribution in [-0.4, -0.2) is 55.2 Å². The standard InChI is InChI=1S/C25H30ClN3O5/c1-5-12-34-19-10-11-20(21(26)13-19)23(30)29-14-16(2)28(15-18-8-6-7-9-22(18)29)25(32)27-17(3)24(31)33-4/h6-11,13,16-17H,5,12,14-15H2,1-4H3,(H,27,32)/t16-,17+/m1/s1. The number of rotatable bonds is 6. The van der Waals surface area contributed by atoms with Gasteiger partial charge in [-0.2, -0.15) is 0 Å². The number of nitrogens with one attached hydrogen (secondary N) is 1. The minimum Gasteiger partial charge on any atom is -0.494 e. The number of methoxy groups -OCH3 is 1. The van der Waals surface area contributed by atoms with Crippen molar-refractivity contribution in [2.45, 2.75) is 45.8 Å². The number of hydrogen-bond donors (Lipinski definition) is 1. The van der Waals surface area contributed by atoms with Crippen LogP contribution >= 0.6 is 11.6 Å². The van der Waals surface area contributed by atoms with Crippen LogP contribution in [0.1, 0.15) is 43.1 Å². The summed E-state index contributed by atoms with van der Waals surface area (Å²) in [7, 11) is 1.27. The Kier molecular flexibility index (Phi) is 8.39. The Morgan fingerprint density at radius 1 is 1.21 bits per heavy atom. The molecule has 182 valence electrons. The molecule has 8 nitrogen and oxygen atoms in total. The molecule has 0 saturated carbocycles. The highest BCUT2D eigenvalue weighted by atomic mass is 35.5. The molecule has 0 unspecified atom stereocenters. The summed E-state index contributed by atoms with van der Waals surface area (Å²) in [5.41, 5.74) is 1.86. The topological polar surface area (TPSA) is 88.2 Å². The second-order valence-electron chi connectivity index (χ2n) is 8.21. The van der Waals surface area contributed by atoms with Crippen molar-refractivity contribution in [3.63, 3.8) is 0 Å². The fraction of sp³-hybridized carbons (Fsp3) is 0.400. The van der Waals surface area contributed by atoms with Crippen LogP contribution in [0.25, 0.3) is 0 Å². The van der Waals surface area contributed by atoms with Crippen molar-refractivity contribution < 1.29 is 23.9 Å². The van der Waals surface area contributed by atoms with Crippen LogP contribution < -0.4 is 15.0 Å². The molecule has 1 heterocycles. The SMILES string of the molecule is CCCOc1ccc(C(=O)N2C[C@@H](C)N(C(=O)N[C@@H](C)C(=O)OC)Cc3ccccc32)c(Cl)c1. The third kappa shape index (κ3) is 5.62. The van der Waals surface area contributed by atoms with Gasteiger partial charge in [-0.25, -0.2) is 9.59 Å². The van der Waals surface area contributed by atoms with Crippen molar-refractivity contribution in [1.82, 2.24) is 10.2 Å². The predicted octanol–water partition coefficient (Wildman–Crippen LogP) is 4.25. The number of hydrogen-bond acceptors (Lipinski definition) is 5. The number of anilines is 1. The number of fused-ring (bicyclic) bond motifs is 1. The molecule has 0 spiro atoms. The summed E-state index contributed by atoms with van der Waals surface area (Å²) in [4.78, 5) is 41.6. The highest BCUT2D eigenvalue weighted by Gasteiger charge is 2.33. The lowest BCUT2D eigenvalue weighted by Crippen LogP contribution is -2.51. The van der Waals surface area contributed by atoms with Gasteiger partial charge in [-0.3, -0.25) is 4.79 Å². The molecule has 0 aliphatic carbocycles. The van der Waals surface area contributed by atoms with Gasteiger partial charge in [0, 0.05) is 24.8 Å². The van der Waals surface area contributed by atoms with Gasteiger partial charge in [0.2, 0.25) is 0 Å². The fourth-order valence-electron chi connectivity index (χ4n) is 3.80. The number of para-hydroxylation sites is 1. The second-order valence-corrected chi connectivity index (χ2v) is 8.61. The highest BCUT2D eigenvalue weighted by molar-refractivity contribution is 6.34. The van der Waals surface area contributed by atoms with Gasteiger partial charge in [-0.1, -0.05) is 36.7 Å². The van der Waals surface area contributed by atoms with Crippen LogP contribution in [0.2, 0.25) is 5.02 Å². The summed E-state index contributed by atoms with van der Waals surface area (Å²) in [6.45, 7) is 6.52. The number of amides is 3. The van der Waals surface area contributed by atoms with Crippen LogP contribution in [0.15, 0.2) is 42.5 Å². The van der Waals surface area contributed by atoms with E-state index in [2.05, 4.69) is 5.32 Å². The lowest BCUT2D eigenvalue weighted by atomic mass is 10.1. The zero-order valence-corrected chi connectivity index (χ0v) is 20.6. The number of carbonyl (C=O) groups is 3. The van der Waals surface area contributed by atoms with Gasteiger partial charge in [-0.05, 0) is 50.1 Å². The lowest BCUT2D eigenvalue weighted by molar-refractivity contribution is -0.142. The Bertz CT molecular complexity index is 1060. The Hall–Kier alpha value is -3.26. The molecule has 1 aliphatic rings. The van der Waals surface area contributed by atoms with E-state index >= 15 is 0 Å².